The molecule has 0 amide bonds. The molecule has 3 heterocycles. The SMILES string of the molecule is Nc1nc(C#CC2CCCCC2)nc2c1ncn2[C@@H]1O[C@H](CO)[C@@H](O)[C@H]1O. The fourth-order valence-corrected chi connectivity index (χ4v) is 3.70. The van der Waals surface area contributed by atoms with Gasteiger partial charge in [-0.25, -0.2) is 15.0 Å². The van der Waals surface area contributed by atoms with Gasteiger partial charge in [-0.3, -0.25) is 4.57 Å². The van der Waals surface area contributed by atoms with E-state index in [0.29, 0.717) is 22.9 Å². The van der Waals surface area contributed by atoms with Gasteiger partial charge in [0.25, 0.3) is 0 Å². The maximum Gasteiger partial charge on any atom is 0.208 e. The number of nitrogen functional groups attached to an aromatic ring is 1. The zero-order valence-electron chi connectivity index (χ0n) is 14.8. The maximum atomic E-state index is 10.3. The predicted molar refractivity (Wildman–Crippen MR) is 96.2 cm³/mol. The highest BCUT2D eigenvalue weighted by Crippen LogP contribution is 2.32. The molecule has 0 aromatic carbocycles. The Balaban J connectivity index is 1.67. The standard InChI is InChI=1S/C18H23N5O4/c19-16-13-17(22-12(21-16)7-6-10-4-2-1-3-5-10)23(9-20-13)18-15(26)14(25)11(8-24)27-18/h9-11,14-15,18,24-26H,1-5,8H2,(H2,19,21,22)/t11-,14-,15-,18-/m1/s1. The zero-order chi connectivity index (χ0) is 19.0. The summed E-state index contributed by atoms with van der Waals surface area (Å²) in [7, 11) is 0. The van der Waals surface area contributed by atoms with Crippen molar-refractivity contribution in [2.45, 2.75) is 56.6 Å². The second kappa shape index (κ2) is 7.40. The van der Waals surface area contributed by atoms with Gasteiger partial charge in [-0.05, 0) is 18.8 Å². The van der Waals surface area contributed by atoms with Gasteiger partial charge < -0.3 is 25.8 Å². The second-order valence-electron chi connectivity index (χ2n) is 7.09. The molecule has 4 rings (SSSR count). The molecule has 1 aliphatic heterocycles. The summed E-state index contributed by atoms with van der Waals surface area (Å²) in [5.41, 5.74) is 6.74. The minimum absolute atomic E-state index is 0.193. The van der Waals surface area contributed by atoms with Crippen molar-refractivity contribution in [1.29, 1.82) is 0 Å². The molecule has 0 radical (unpaired) electrons. The molecule has 5 N–H and O–H groups in total. The summed E-state index contributed by atoms with van der Waals surface area (Å²) in [4.78, 5) is 12.8. The molecule has 0 bridgehead atoms. The monoisotopic (exact) mass is 373 g/mol. The van der Waals surface area contributed by atoms with Crippen LogP contribution in [-0.2, 0) is 4.74 Å². The quantitative estimate of drug-likeness (QED) is 0.537. The van der Waals surface area contributed by atoms with Crippen LogP contribution in [0.3, 0.4) is 0 Å². The van der Waals surface area contributed by atoms with Gasteiger partial charge >= 0.3 is 0 Å². The number of hydrogen-bond acceptors (Lipinski definition) is 8. The Kier molecular flexibility index (Phi) is 4.97. The van der Waals surface area contributed by atoms with Crippen LogP contribution >= 0.6 is 0 Å². The molecule has 27 heavy (non-hydrogen) atoms. The molecular formula is C18H23N5O4. The number of ether oxygens (including phenoxy) is 1. The summed E-state index contributed by atoms with van der Waals surface area (Å²) < 4.78 is 7.05. The van der Waals surface area contributed by atoms with Gasteiger partial charge in [0, 0.05) is 5.92 Å². The number of imidazole rings is 1. The minimum Gasteiger partial charge on any atom is -0.394 e. The highest BCUT2D eigenvalue weighted by atomic mass is 16.6. The normalized spacial score (nSPS) is 29.0. The van der Waals surface area contributed by atoms with E-state index in [2.05, 4.69) is 26.8 Å². The average Bonchev–Trinajstić information content (AvgIpc) is 3.23. The number of nitrogens with two attached hydrogens (primary N) is 1. The number of aliphatic hydroxyl groups is 3. The van der Waals surface area contributed by atoms with Gasteiger partial charge in [-0.15, -0.1) is 0 Å². The smallest absolute Gasteiger partial charge is 0.208 e. The Morgan fingerprint density at radius 3 is 2.67 bits per heavy atom. The van der Waals surface area contributed by atoms with E-state index in [-0.39, 0.29) is 5.82 Å². The van der Waals surface area contributed by atoms with Crippen molar-refractivity contribution in [3.8, 4) is 11.8 Å². The van der Waals surface area contributed by atoms with E-state index in [1.165, 1.54) is 30.2 Å². The molecule has 2 aromatic heterocycles. The number of aliphatic hydroxyl groups excluding tert-OH is 3. The van der Waals surface area contributed by atoms with Crippen molar-refractivity contribution in [3.05, 3.63) is 12.2 Å². The first-order valence-electron chi connectivity index (χ1n) is 9.22. The van der Waals surface area contributed by atoms with Crippen LogP contribution in [0.1, 0.15) is 44.2 Å². The van der Waals surface area contributed by atoms with E-state index >= 15 is 0 Å². The molecule has 2 fully saturated rings. The van der Waals surface area contributed by atoms with E-state index in [9.17, 15) is 15.3 Å². The lowest BCUT2D eigenvalue weighted by Crippen LogP contribution is -2.33. The highest BCUT2D eigenvalue weighted by Gasteiger charge is 2.44. The zero-order valence-corrected chi connectivity index (χ0v) is 14.8. The van der Waals surface area contributed by atoms with Crippen LogP contribution < -0.4 is 5.73 Å². The van der Waals surface area contributed by atoms with Crippen LogP contribution in [0.2, 0.25) is 0 Å². The number of fused-ring (bicyclic) bond motifs is 1. The summed E-state index contributed by atoms with van der Waals surface area (Å²) in [6.07, 6.45) is 3.00. The molecule has 0 unspecified atom stereocenters. The molecular weight excluding hydrogens is 350 g/mol. The maximum absolute atomic E-state index is 10.3. The molecule has 9 nitrogen and oxygen atoms in total. The topological polar surface area (TPSA) is 140 Å². The van der Waals surface area contributed by atoms with Crippen molar-refractivity contribution >= 4 is 17.0 Å². The number of nitrogens with zero attached hydrogens (tertiary/aromatic N) is 4. The first kappa shape index (κ1) is 18.1. The number of aromatic nitrogens is 4. The summed E-state index contributed by atoms with van der Waals surface area (Å²) >= 11 is 0. The summed E-state index contributed by atoms with van der Waals surface area (Å²) in [6.45, 7) is -0.406. The van der Waals surface area contributed by atoms with E-state index in [0.717, 1.165) is 12.8 Å². The number of anilines is 1. The van der Waals surface area contributed by atoms with E-state index in [4.69, 9.17) is 10.5 Å². The first-order chi connectivity index (χ1) is 13.1. The number of hydrogen-bond donors (Lipinski definition) is 4. The van der Waals surface area contributed by atoms with E-state index < -0.39 is 31.1 Å². The third kappa shape index (κ3) is 3.37. The summed E-state index contributed by atoms with van der Waals surface area (Å²) in [5.74, 6) is 7.07. The summed E-state index contributed by atoms with van der Waals surface area (Å²) in [6, 6.07) is 0. The van der Waals surface area contributed by atoms with Crippen molar-refractivity contribution in [2.24, 2.45) is 5.92 Å². The van der Waals surface area contributed by atoms with Gasteiger partial charge in [0.1, 0.15) is 23.8 Å². The largest absolute Gasteiger partial charge is 0.394 e. The molecule has 1 saturated heterocycles. The van der Waals surface area contributed by atoms with Crippen LogP contribution in [0.15, 0.2) is 6.33 Å². The van der Waals surface area contributed by atoms with Crippen LogP contribution in [0.25, 0.3) is 11.2 Å². The van der Waals surface area contributed by atoms with Gasteiger partial charge in [0.2, 0.25) is 5.82 Å². The third-order valence-electron chi connectivity index (χ3n) is 5.23. The summed E-state index contributed by atoms with van der Waals surface area (Å²) in [5, 5.41) is 29.5. The molecule has 0 spiro atoms. The van der Waals surface area contributed by atoms with Gasteiger partial charge in [0.15, 0.2) is 17.7 Å². The van der Waals surface area contributed by atoms with Gasteiger partial charge in [-0.2, -0.15) is 0 Å². The number of rotatable bonds is 2. The van der Waals surface area contributed by atoms with Crippen molar-refractivity contribution in [1.82, 2.24) is 19.5 Å². The Labute approximate surface area is 156 Å². The molecule has 9 heteroatoms. The average molecular weight is 373 g/mol. The Bertz CT molecular complexity index is 883. The predicted octanol–water partition coefficient (Wildman–Crippen LogP) is -0.0482. The molecule has 2 aliphatic rings. The molecule has 144 valence electrons. The fraction of sp³-hybridized carbons (Fsp3) is 0.611. The third-order valence-corrected chi connectivity index (χ3v) is 5.23. The van der Waals surface area contributed by atoms with Crippen molar-refractivity contribution in [2.75, 3.05) is 12.3 Å². The van der Waals surface area contributed by atoms with Crippen molar-refractivity contribution < 1.29 is 20.1 Å². The van der Waals surface area contributed by atoms with Crippen LogP contribution in [0, 0.1) is 17.8 Å². The molecule has 4 atom stereocenters. The second-order valence-corrected chi connectivity index (χ2v) is 7.09. The van der Waals surface area contributed by atoms with Crippen LogP contribution in [-0.4, -0.2) is 59.8 Å². The van der Waals surface area contributed by atoms with Crippen LogP contribution in [0.5, 0.6) is 0 Å². The van der Waals surface area contributed by atoms with E-state index in [1.807, 2.05) is 0 Å². The molecule has 1 saturated carbocycles. The van der Waals surface area contributed by atoms with Gasteiger partial charge in [0.05, 0.1) is 12.9 Å². The molecule has 1 aliphatic carbocycles. The highest BCUT2D eigenvalue weighted by molar-refractivity contribution is 5.82. The Morgan fingerprint density at radius 1 is 1.19 bits per heavy atom. The lowest BCUT2D eigenvalue weighted by molar-refractivity contribution is -0.0511. The lowest BCUT2D eigenvalue weighted by Gasteiger charge is -2.16. The van der Waals surface area contributed by atoms with E-state index in [1.54, 1.807) is 0 Å². The first-order valence-corrected chi connectivity index (χ1v) is 9.22. The van der Waals surface area contributed by atoms with Gasteiger partial charge in [-0.1, -0.05) is 25.2 Å². The lowest BCUT2D eigenvalue weighted by atomic mass is 9.90. The Hall–Kier alpha value is -2.25. The molecule has 2 aromatic rings. The minimum atomic E-state index is -1.23. The fourth-order valence-electron chi connectivity index (χ4n) is 3.70. The van der Waals surface area contributed by atoms with Crippen LogP contribution in [0.4, 0.5) is 5.82 Å². The van der Waals surface area contributed by atoms with Crippen molar-refractivity contribution in [3.63, 3.8) is 0 Å². The Morgan fingerprint density at radius 2 is 1.96 bits per heavy atom.